The molecule has 0 radical (unpaired) electrons. The monoisotopic (exact) mass is 536 g/mol. The van der Waals surface area contributed by atoms with Crippen LogP contribution >= 0.6 is 15.9 Å². The maximum atomic E-state index is 13.9. The molecule has 0 saturated heterocycles. The van der Waals surface area contributed by atoms with Crippen LogP contribution in [0.4, 0.5) is 16.0 Å². The molecule has 0 spiro atoms. The number of aryl methyl sites for hydroxylation is 1. The normalized spacial score (nSPS) is 10.6. The second kappa shape index (κ2) is 9.90. The number of ether oxygens (including phenoxy) is 1. The van der Waals surface area contributed by atoms with Crippen molar-refractivity contribution >= 4 is 27.6 Å². The first-order valence-corrected chi connectivity index (χ1v) is 11.0. The molecular formula is C24H18BrFN6O3. The van der Waals surface area contributed by atoms with Crippen LogP contribution in [0.15, 0.2) is 68.9 Å². The van der Waals surface area contributed by atoms with Gasteiger partial charge >= 0.3 is 11.4 Å². The van der Waals surface area contributed by atoms with E-state index in [0.717, 1.165) is 16.2 Å². The molecule has 2 aromatic carbocycles. The van der Waals surface area contributed by atoms with E-state index in [0.29, 0.717) is 21.5 Å². The van der Waals surface area contributed by atoms with Gasteiger partial charge in [-0.05, 0) is 70.4 Å². The van der Waals surface area contributed by atoms with Gasteiger partial charge in [-0.2, -0.15) is 10.2 Å². The average molecular weight is 537 g/mol. The summed E-state index contributed by atoms with van der Waals surface area (Å²) in [5.41, 5.74) is 0.355. The molecule has 176 valence electrons. The van der Waals surface area contributed by atoms with E-state index in [-0.39, 0.29) is 23.7 Å². The number of nitrogens with zero attached hydrogens (tertiary/aromatic N) is 5. The third-order valence-electron chi connectivity index (χ3n) is 5.10. The number of aromatic nitrogens is 4. The molecule has 11 heteroatoms. The van der Waals surface area contributed by atoms with Gasteiger partial charge in [-0.1, -0.05) is 6.07 Å². The van der Waals surface area contributed by atoms with Gasteiger partial charge in [0.15, 0.2) is 0 Å². The van der Waals surface area contributed by atoms with Gasteiger partial charge in [0.1, 0.15) is 17.6 Å². The largest absolute Gasteiger partial charge is 0.497 e. The Hall–Kier alpha value is -4.30. The second-order valence-electron chi connectivity index (χ2n) is 7.54. The number of anilines is 2. The number of methoxy groups -OCH3 is 1. The topological polar surface area (TPSA) is 115 Å². The molecule has 0 aliphatic rings. The number of nitriles is 1. The minimum Gasteiger partial charge on any atom is -0.497 e. The van der Waals surface area contributed by atoms with Crippen molar-refractivity contribution in [3.05, 3.63) is 103 Å². The molecular weight excluding hydrogens is 519 g/mol. The smallest absolute Gasteiger partial charge is 0.359 e. The van der Waals surface area contributed by atoms with Crippen LogP contribution in [0.1, 0.15) is 16.7 Å². The van der Waals surface area contributed by atoms with Gasteiger partial charge in [-0.3, -0.25) is 9.55 Å². The predicted octanol–water partition coefficient (Wildman–Crippen LogP) is 3.67. The van der Waals surface area contributed by atoms with Crippen LogP contribution in [-0.4, -0.2) is 26.2 Å². The number of nitrogens with one attached hydrogen (secondary N) is 1. The maximum Gasteiger partial charge on any atom is 0.359 e. The van der Waals surface area contributed by atoms with Crippen LogP contribution in [0.5, 0.6) is 5.75 Å². The highest BCUT2D eigenvalue weighted by molar-refractivity contribution is 9.10. The Balaban J connectivity index is 1.89. The minimum absolute atomic E-state index is 0.0365. The van der Waals surface area contributed by atoms with E-state index < -0.39 is 17.2 Å². The Bertz CT molecular complexity index is 1590. The van der Waals surface area contributed by atoms with Gasteiger partial charge in [-0.25, -0.2) is 18.5 Å². The molecule has 0 aliphatic carbocycles. The van der Waals surface area contributed by atoms with Crippen molar-refractivity contribution in [2.45, 2.75) is 13.5 Å². The Morgan fingerprint density at radius 1 is 1.17 bits per heavy atom. The lowest BCUT2D eigenvalue weighted by Crippen LogP contribution is -2.41. The van der Waals surface area contributed by atoms with Gasteiger partial charge in [0, 0.05) is 10.7 Å². The third-order valence-corrected chi connectivity index (χ3v) is 5.76. The van der Waals surface area contributed by atoms with Gasteiger partial charge < -0.3 is 10.1 Å². The SMILES string of the molecule is COc1ccc(Nc2nc(=O)n(-c3cncc(C)c3)c(=O)n2Cc2ccc(F)c(C#N)c2)c(Br)c1. The van der Waals surface area contributed by atoms with E-state index in [2.05, 4.69) is 31.2 Å². The molecule has 0 aliphatic heterocycles. The van der Waals surface area contributed by atoms with Crippen molar-refractivity contribution < 1.29 is 9.13 Å². The summed E-state index contributed by atoms with van der Waals surface area (Å²) in [6.45, 7) is 1.70. The summed E-state index contributed by atoms with van der Waals surface area (Å²) in [5, 5.41) is 12.2. The molecule has 2 aromatic heterocycles. The van der Waals surface area contributed by atoms with Crippen LogP contribution in [0.2, 0.25) is 0 Å². The lowest BCUT2D eigenvalue weighted by atomic mass is 10.1. The van der Waals surface area contributed by atoms with E-state index in [1.807, 2.05) is 0 Å². The zero-order valence-corrected chi connectivity index (χ0v) is 20.2. The number of benzene rings is 2. The van der Waals surface area contributed by atoms with E-state index in [4.69, 9.17) is 4.74 Å². The molecule has 0 bridgehead atoms. The Labute approximate surface area is 207 Å². The van der Waals surface area contributed by atoms with Crippen LogP contribution in [0.3, 0.4) is 0 Å². The summed E-state index contributed by atoms with van der Waals surface area (Å²) < 4.78 is 21.8. The lowest BCUT2D eigenvalue weighted by molar-refractivity contribution is 0.414. The second-order valence-corrected chi connectivity index (χ2v) is 8.39. The van der Waals surface area contributed by atoms with E-state index >= 15 is 0 Å². The van der Waals surface area contributed by atoms with Gasteiger partial charge in [0.05, 0.1) is 36.8 Å². The standard InChI is InChI=1S/C24H18BrFN6O3/c1-14-7-17(12-28-11-14)32-23(33)30-22(29-21-6-4-18(35-2)9-19(21)25)31(24(32)34)13-15-3-5-20(26)16(8-15)10-27/h3-9,11-12H,13H2,1-2H3,(H,29,30,33). The zero-order chi connectivity index (χ0) is 25.1. The van der Waals surface area contributed by atoms with E-state index in [9.17, 15) is 19.2 Å². The summed E-state index contributed by atoms with van der Waals surface area (Å²) in [7, 11) is 1.53. The Morgan fingerprint density at radius 3 is 2.66 bits per heavy atom. The molecule has 0 unspecified atom stereocenters. The van der Waals surface area contributed by atoms with Crippen molar-refractivity contribution in [3.8, 4) is 17.5 Å². The molecule has 4 rings (SSSR count). The van der Waals surface area contributed by atoms with E-state index in [1.165, 1.54) is 30.0 Å². The predicted molar refractivity (Wildman–Crippen MR) is 131 cm³/mol. The number of hydrogen-bond acceptors (Lipinski definition) is 7. The van der Waals surface area contributed by atoms with Crippen LogP contribution < -0.4 is 21.4 Å². The highest BCUT2D eigenvalue weighted by Crippen LogP contribution is 2.29. The third kappa shape index (κ3) is 4.97. The summed E-state index contributed by atoms with van der Waals surface area (Å²) in [4.78, 5) is 34.7. The highest BCUT2D eigenvalue weighted by atomic mass is 79.9. The van der Waals surface area contributed by atoms with Crippen LogP contribution in [0, 0.1) is 24.1 Å². The molecule has 4 aromatic rings. The average Bonchev–Trinajstić information content (AvgIpc) is 2.83. The summed E-state index contributed by atoms with van der Waals surface area (Å²) >= 11 is 3.43. The maximum absolute atomic E-state index is 13.9. The van der Waals surface area contributed by atoms with E-state index in [1.54, 1.807) is 43.5 Å². The fraction of sp³-hybridized carbons (Fsp3) is 0.125. The number of pyridine rings is 1. The summed E-state index contributed by atoms with van der Waals surface area (Å²) in [6.07, 6.45) is 2.99. The van der Waals surface area contributed by atoms with Crippen molar-refractivity contribution in [2.24, 2.45) is 0 Å². The lowest BCUT2D eigenvalue weighted by Gasteiger charge is -2.17. The first kappa shape index (κ1) is 23.8. The van der Waals surface area contributed by atoms with Crippen LogP contribution in [0.25, 0.3) is 5.69 Å². The first-order valence-electron chi connectivity index (χ1n) is 10.3. The molecule has 0 saturated carbocycles. The molecule has 9 nitrogen and oxygen atoms in total. The van der Waals surface area contributed by atoms with Gasteiger partial charge in [0.2, 0.25) is 5.95 Å². The minimum atomic E-state index is -0.803. The fourth-order valence-electron chi connectivity index (χ4n) is 3.40. The Morgan fingerprint density at radius 2 is 1.97 bits per heavy atom. The molecule has 35 heavy (non-hydrogen) atoms. The number of hydrogen-bond donors (Lipinski definition) is 1. The molecule has 0 atom stereocenters. The van der Waals surface area contributed by atoms with Gasteiger partial charge in [0.25, 0.3) is 0 Å². The molecule has 0 amide bonds. The van der Waals surface area contributed by atoms with Crippen molar-refractivity contribution in [1.82, 2.24) is 19.1 Å². The number of rotatable bonds is 6. The van der Waals surface area contributed by atoms with Crippen molar-refractivity contribution in [2.75, 3.05) is 12.4 Å². The van der Waals surface area contributed by atoms with Crippen LogP contribution in [-0.2, 0) is 6.54 Å². The first-order chi connectivity index (χ1) is 16.8. The molecule has 1 N–H and O–H groups in total. The summed E-state index contributed by atoms with van der Waals surface area (Å²) in [6, 6.07) is 12.5. The zero-order valence-electron chi connectivity index (χ0n) is 18.6. The van der Waals surface area contributed by atoms with Crippen molar-refractivity contribution in [3.63, 3.8) is 0 Å². The number of halogens is 2. The fourth-order valence-corrected chi connectivity index (χ4v) is 3.85. The highest BCUT2D eigenvalue weighted by Gasteiger charge is 2.17. The molecule has 0 fully saturated rings. The molecule has 2 heterocycles. The van der Waals surface area contributed by atoms with Crippen molar-refractivity contribution in [1.29, 1.82) is 5.26 Å². The quantitative estimate of drug-likeness (QED) is 0.399. The Kier molecular flexibility index (Phi) is 6.75. The summed E-state index contributed by atoms with van der Waals surface area (Å²) in [5.74, 6) is -0.103. The van der Waals surface area contributed by atoms with Gasteiger partial charge in [-0.15, -0.1) is 0 Å².